The third kappa shape index (κ3) is 4.61. The van der Waals surface area contributed by atoms with Crippen LogP contribution in [0.5, 0.6) is 0 Å². The highest BCUT2D eigenvalue weighted by atomic mass is 16.2. The summed E-state index contributed by atoms with van der Waals surface area (Å²) in [6.07, 6.45) is 9.48. The Balaban J connectivity index is 1.43. The van der Waals surface area contributed by atoms with Crippen LogP contribution in [0.15, 0.2) is 54.9 Å². The topological polar surface area (TPSA) is 62.2 Å². The van der Waals surface area contributed by atoms with Gasteiger partial charge in [-0.1, -0.05) is 30.3 Å². The summed E-state index contributed by atoms with van der Waals surface area (Å²) in [6.45, 7) is 4.78. The van der Waals surface area contributed by atoms with Crippen LogP contribution in [-0.4, -0.2) is 45.4 Å². The van der Waals surface area contributed by atoms with Crippen molar-refractivity contribution in [3.63, 3.8) is 0 Å². The molecule has 4 heterocycles. The summed E-state index contributed by atoms with van der Waals surface area (Å²) in [4.78, 5) is 31.9. The molecule has 0 radical (unpaired) electrons. The Hall–Kier alpha value is -3.28. The van der Waals surface area contributed by atoms with Crippen molar-refractivity contribution in [2.24, 2.45) is 0 Å². The number of piperidine rings is 1. The summed E-state index contributed by atoms with van der Waals surface area (Å²) >= 11 is 0. The first kappa shape index (κ1) is 21.6. The van der Waals surface area contributed by atoms with Crippen LogP contribution in [0.3, 0.4) is 0 Å². The van der Waals surface area contributed by atoms with Gasteiger partial charge in [0.1, 0.15) is 5.82 Å². The van der Waals surface area contributed by atoms with Gasteiger partial charge in [-0.15, -0.1) is 0 Å². The van der Waals surface area contributed by atoms with E-state index in [1.807, 2.05) is 17.0 Å². The van der Waals surface area contributed by atoms with Crippen molar-refractivity contribution < 1.29 is 4.79 Å². The number of hydrogen-bond donors (Lipinski definition) is 0. The first-order chi connectivity index (χ1) is 16.2. The molecule has 0 unspecified atom stereocenters. The van der Waals surface area contributed by atoms with Gasteiger partial charge in [0.05, 0.1) is 11.6 Å². The van der Waals surface area contributed by atoms with Gasteiger partial charge >= 0.3 is 0 Å². The second-order valence-corrected chi connectivity index (χ2v) is 9.05. The Morgan fingerprint density at radius 1 is 1.03 bits per heavy atom. The van der Waals surface area contributed by atoms with E-state index in [0.29, 0.717) is 5.56 Å². The van der Waals surface area contributed by atoms with Gasteiger partial charge in [0, 0.05) is 43.3 Å². The van der Waals surface area contributed by atoms with Crippen molar-refractivity contribution in [3.8, 4) is 0 Å². The molecule has 1 aromatic carbocycles. The molecule has 2 aliphatic heterocycles. The lowest BCUT2D eigenvalue weighted by Gasteiger charge is -2.36. The summed E-state index contributed by atoms with van der Waals surface area (Å²) in [5.74, 6) is 1.88. The van der Waals surface area contributed by atoms with Crippen LogP contribution in [0.25, 0.3) is 0 Å². The van der Waals surface area contributed by atoms with Gasteiger partial charge in [-0.3, -0.25) is 9.78 Å². The molecule has 3 aromatic rings. The Morgan fingerprint density at radius 3 is 2.73 bits per heavy atom. The number of benzene rings is 1. The van der Waals surface area contributed by atoms with Gasteiger partial charge in [0.2, 0.25) is 0 Å². The van der Waals surface area contributed by atoms with Crippen molar-refractivity contribution in [2.45, 2.75) is 51.5 Å². The Bertz CT molecular complexity index is 1100. The monoisotopic (exact) mass is 441 g/mol. The number of anilines is 1. The number of aromatic nitrogens is 3. The molecule has 0 aliphatic carbocycles. The van der Waals surface area contributed by atoms with Crippen molar-refractivity contribution in [2.75, 3.05) is 24.5 Å². The Kier molecular flexibility index (Phi) is 6.33. The molecule has 0 saturated carbocycles. The summed E-state index contributed by atoms with van der Waals surface area (Å²) in [5, 5.41) is 0. The fraction of sp³-hybridized carbons (Fsp3) is 0.407. The molecule has 1 fully saturated rings. The van der Waals surface area contributed by atoms with E-state index in [1.165, 1.54) is 11.1 Å². The minimum absolute atomic E-state index is 0.0210. The lowest BCUT2D eigenvalue weighted by Crippen LogP contribution is -2.40. The fourth-order valence-electron chi connectivity index (χ4n) is 5.08. The quantitative estimate of drug-likeness (QED) is 0.582. The number of hydrogen-bond acceptors (Lipinski definition) is 5. The molecule has 1 amide bonds. The molecular weight excluding hydrogens is 410 g/mol. The zero-order valence-electron chi connectivity index (χ0n) is 19.3. The molecule has 1 atom stereocenters. The van der Waals surface area contributed by atoms with E-state index in [9.17, 15) is 4.79 Å². The van der Waals surface area contributed by atoms with Crippen LogP contribution >= 0.6 is 0 Å². The molecule has 2 aliphatic rings. The highest BCUT2D eigenvalue weighted by Crippen LogP contribution is 2.34. The molecule has 1 saturated heterocycles. The molecular formula is C27H31N5O. The third-order valence-electron chi connectivity index (χ3n) is 6.85. The number of amides is 1. The smallest absolute Gasteiger partial charge is 0.256 e. The van der Waals surface area contributed by atoms with E-state index >= 15 is 0 Å². The van der Waals surface area contributed by atoms with E-state index in [-0.39, 0.29) is 11.9 Å². The molecule has 6 nitrogen and oxygen atoms in total. The van der Waals surface area contributed by atoms with E-state index in [1.54, 1.807) is 12.4 Å². The van der Waals surface area contributed by atoms with E-state index in [4.69, 9.17) is 9.97 Å². The number of pyridine rings is 1. The van der Waals surface area contributed by atoms with Gasteiger partial charge in [0.15, 0.2) is 5.82 Å². The fourth-order valence-corrected chi connectivity index (χ4v) is 5.08. The zero-order valence-corrected chi connectivity index (χ0v) is 19.3. The van der Waals surface area contributed by atoms with Crippen molar-refractivity contribution >= 4 is 11.7 Å². The number of fused-ring (bicyclic) bond motifs is 1. The number of aryl methyl sites for hydroxylation is 1. The average Bonchev–Trinajstić information content (AvgIpc) is 2.88. The van der Waals surface area contributed by atoms with Gasteiger partial charge in [-0.2, -0.15) is 0 Å². The molecule has 0 bridgehead atoms. The maximum atomic E-state index is 13.3. The summed E-state index contributed by atoms with van der Waals surface area (Å²) < 4.78 is 0. The first-order valence-corrected chi connectivity index (χ1v) is 12.1. The largest absolute Gasteiger partial charge is 0.356 e. The average molecular weight is 442 g/mol. The summed E-state index contributed by atoms with van der Waals surface area (Å²) in [7, 11) is 0. The Morgan fingerprint density at radius 2 is 1.91 bits per heavy atom. The lowest BCUT2D eigenvalue weighted by molar-refractivity contribution is 0.0599. The summed E-state index contributed by atoms with van der Waals surface area (Å²) in [5.41, 5.74) is 4.29. The third-order valence-corrected chi connectivity index (χ3v) is 6.85. The van der Waals surface area contributed by atoms with Crippen LogP contribution in [0.4, 0.5) is 5.82 Å². The number of likely N-dealkylation sites (tertiary alicyclic amines) is 1. The van der Waals surface area contributed by atoms with Crippen LogP contribution in [0, 0.1) is 6.92 Å². The second kappa shape index (κ2) is 9.69. The summed E-state index contributed by atoms with van der Waals surface area (Å²) in [6, 6.07) is 14.2. The van der Waals surface area contributed by atoms with Crippen molar-refractivity contribution in [3.05, 3.63) is 83.1 Å². The van der Waals surface area contributed by atoms with E-state index in [2.05, 4.69) is 47.1 Å². The Labute approximate surface area is 195 Å². The minimum Gasteiger partial charge on any atom is -0.356 e. The van der Waals surface area contributed by atoms with E-state index < -0.39 is 0 Å². The van der Waals surface area contributed by atoms with Gasteiger partial charge in [-0.25, -0.2) is 9.97 Å². The van der Waals surface area contributed by atoms with E-state index in [0.717, 1.165) is 75.5 Å². The normalized spacial score (nSPS) is 18.2. The molecule has 33 heavy (non-hydrogen) atoms. The highest BCUT2D eigenvalue weighted by Gasteiger charge is 2.32. The standard InChI is InChI=1S/C27H31N5O/c1-20-23-12-8-16-31(18-14-21-9-3-2-4-10-21)26(23)30-25(29-20)24-13-5-6-17-32(24)27(33)22-11-7-15-28-19-22/h2-4,7,9-11,15,19,24H,5-6,8,12-14,16-18H2,1H3/t24-/m0/s1. The number of rotatable bonds is 5. The molecule has 0 N–H and O–H groups in total. The predicted molar refractivity (Wildman–Crippen MR) is 129 cm³/mol. The first-order valence-electron chi connectivity index (χ1n) is 12.1. The van der Waals surface area contributed by atoms with Crippen molar-refractivity contribution in [1.82, 2.24) is 19.9 Å². The number of carbonyl (C=O) groups is 1. The second-order valence-electron chi connectivity index (χ2n) is 9.05. The van der Waals surface area contributed by atoms with Crippen LogP contribution in [0.2, 0.25) is 0 Å². The minimum atomic E-state index is -0.0895. The zero-order chi connectivity index (χ0) is 22.6. The number of carbonyl (C=O) groups excluding carboxylic acids is 1. The molecule has 6 heteroatoms. The number of nitrogens with zero attached hydrogens (tertiary/aromatic N) is 5. The maximum absolute atomic E-state index is 13.3. The predicted octanol–water partition coefficient (Wildman–Crippen LogP) is 4.54. The molecule has 5 rings (SSSR count). The molecule has 170 valence electrons. The molecule has 2 aromatic heterocycles. The van der Waals surface area contributed by atoms with Gasteiger partial charge in [0.25, 0.3) is 5.91 Å². The molecule has 0 spiro atoms. The van der Waals surface area contributed by atoms with Crippen LogP contribution in [0.1, 0.15) is 64.7 Å². The highest BCUT2D eigenvalue weighted by molar-refractivity contribution is 5.94. The SMILES string of the molecule is Cc1nc([C@@H]2CCCCN2C(=O)c2cccnc2)nc2c1CCCN2CCc1ccccc1. The van der Waals surface area contributed by atoms with Crippen LogP contribution in [-0.2, 0) is 12.8 Å². The van der Waals surface area contributed by atoms with Crippen LogP contribution < -0.4 is 4.90 Å². The van der Waals surface area contributed by atoms with Crippen molar-refractivity contribution in [1.29, 1.82) is 0 Å². The lowest BCUT2D eigenvalue weighted by atomic mass is 9.98. The maximum Gasteiger partial charge on any atom is 0.256 e. The van der Waals surface area contributed by atoms with Gasteiger partial charge < -0.3 is 9.80 Å². The van der Waals surface area contributed by atoms with Gasteiger partial charge in [-0.05, 0) is 63.1 Å².